The number of carboxylic acids is 1. The van der Waals surface area contributed by atoms with Gasteiger partial charge in [0.2, 0.25) is 0 Å². The van der Waals surface area contributed by atoms with Gasteiger partial charge in [0.25, 0.3) is 0 Å². The first-order chi connectivity index (χ1) is 9.06. The van der Waals surface area contributed by atoms with E-state index in [1.807, 2.05) is 38.1 Å². The van der Waals surface area contributed by atoms with Gasteiger partial charge >= 0.3 is 5.97 Å². The summed E-state index contributed by atoms with van der Waals surface area (Å²) < 4.78 is 0. The second-order valence-corrected chi connectivity index (χ2v) is 4.67. The minimum atomic E-state index is -0.861. The van der Waals surface area contributed by atoms with E-state index in [0.29, 0.717) is 12.1 Å². The third-order valence-corrected chi connectivity index (χ3v) is 3.00. The Labute approximate surface area is 112 Å². The highest BCUT2D eigenvalue weighted by molar-refractivity contribution is 5.75. The normalized spacial score (nSPS) is 12.1. The van der Waals surface area contributed by atoms with Crippen LogP contribution in [0.25, 0.3) is 0 Å². The van der Waals surface area contributed by atoms with E-state index in [2.05, 4.69) is 9.97 Å². The number of hydrogen-bond acceptors (Lipinski definition) is 3. The molecule has 19 heavy (non-hydrogen) atoms. The van der Waals surface area contributed by atoms with Crippen molar-refractivity contribution in [1.29, 1.82) is 0 Å². The van der Waals surface area contributed by atoms with Crippen LogP contribution in [0.1, 0.15) is 28.4 Å². The summed E-state index contributed by atoms with van der Waals surface area (Å²) in [6.07, 6.45) is 1.85. The van der Waals surface area contributed by atoms with Crippen LogP contribution in [0.3, 0.4) is 0 Å². The van der Waals surface area contributed by atoms with Crippen molar-refractivity contribution in [2.75, 3.05) is 0 Å². The van der Waals surface area contributed by atoms with Crippen molar-refractivity contribution in [3.05, 3.63) is 59.2 Å². The van der Waals surface area contributed by atoms with E-state index < -0.39 is 11.9 Å². The predicted octanol–water partition coefficient (Wildman–Crippen LogP) is 2.50. The van der Waals surface area contributed by atoms with E-state index in [-0.39, 0.29) is 0 Å². The molecule has 98 valence electrons. The van der Waals surface area contributed by atoms with Crippen LogP contribution in [0.4, 0.5) is 0 Å². The maximum Gasteiger partial charge on any atom is 0.312 e. The van der Waals surface area contributed by atoms with Gasteiger partial charge in [0.15, 0.2) is 0 Å². The second kappa shape index (κ2) is 5.61. The van der Waals surface area contributed by atoms with Crippen LogP contribution in [-0.2, 0) is 11.2 Å². The SMILES string of the molecule is Cc1cccc(CC(C(=O)O)c2cc(C)ncn2)c1. The molecule has 1 aromatic carbocycles. The van der Waals surface area contributed by atoms with E-state index in [1.54, 1.807) is 6.07 Å². The molecule has 0 saturated carbocycles. The zero-order chi connectivity index (χ0) is 13.8. The molecule has 1 aromatic heterocycles. The summed E-state index contributed by atoms with van der Waals surface area (Å²) in [6.45, 7) is 3.82. The molecule has 1 unspecified atom stereocenters. The fraction of sp³-hybridized carbons (Fsp3) is 0.267. The summed E-state index contributed by atoms with van der Waals surface area (Å²) >= 11 is 0. The summed E-state index contributed by atoms with van der Waals surface area (Å²) in [5.41, 5.74) is 3.46. The van der Waals surface area contributed by atoms with Crippen LogP contribution in [0.15, 0.2) is 36.7 Å². The van der Waals surface area contributed by atoms with Crippen LogP contribution in [-0.4, -0.2) is 21.0 Å². The third kappa shape index (κ3) is 3.37. The molecule has 0 aliphatic carbocycles. The maximum atomic E-state index is 11.4. The Bertz CT molecular complexity index is 596. The maximum absolute atomic E-state index is 11.4. The number of nitrogens with zero attached hydrogens (tertiary/aromatic N) is 2. The Morgan fingerprint density at radius 2 is 2.05 bits per heavy atom. The Hall–Kier alpha value is -2.23. The van der Waals surface area contributed by atoms with Crippen molar-refractivity contribution >= 4 is 5.97 Å². The Morgan fingerprint density at radius 1 is 1.26 bits per heavy atom. The number of carboxylic acid groups (broad SMARTS) is 1. The van der Waals surface area contributed by atoms with Crippen molar-refractivity contribution < 1.29 is 9.90 Å². The molecule has 1 N–H and O–H groups in total. The fourth-order valence-electron chi connectivity index (χ4n) is 2.06. The van der Waals surface area contributed by atoms with E-state index in [9.17, 15) is 9.90 Å². The molecule has 2 rings (SSSR count). The molecule has 2 aromatic rings. The zero-order valence-corrected chi connectivity index (χ0v) is 11.0. The molecule has 0 radical (unpaired) electrons. The van der Waals surface area contributed by atoms with Crippen LogP contribution in [0, 0.1) is 13.8 Å². The van der Waals surface area contributed by atoms with Gasteiger partial charge in [0.05, 0.1) is 5.69 Å². The Morgan fingerprint density at radius 3 is 2.68 bits per heavy atom. The van der Waals surface area contributed by atoms with Crippen molar-refractivity contribution in [1.82, 2.24) is 9.97 Å². The van der Waals surface area contributed by atoms with Crippen molar-refractivity contribution in [3.63, 3.8) is 0 Å². The highest BCUT2D eigenvalue weighted by Gasteiger charge is 2.22. The van der Waals surface area contributed by atoms with E-state index in [0.717, 1.165) is 16.8 Å². The third-order valence-electron chi connectivity index (χ3n) is 3.00. The van der Waals surface area contributed by atoms with Gasteiger partial charge in [-0.15, -0.1) is 0 Å². The first kappa shape index (κ1) is 13.2. The van der Waals surface area contributed by atoms with Gasteiger partial charge in [-0.05, 0) is 31.9 Å². The summed E-state index contributed by atoms with van der Waals surface area (Å²) in [5, 5.41) is 9.39. The number of rotatable bonds is 4. The summed E-state index contributed by atoms with van der Waals surface area (Å²) in [4.78, 5) is 19.5. The van der Waals surface area contributed by atoms with Gasteiger partial charge in [0.1, 0.15) is 12.2 Å². The largest absolute Gasteiger partial charge is 0.481 e. The molecule has 0 fully saturated rings. The van der Waals surface area contributed by atoms with Gasteiger partial charge in [0, 0.05) is 5.69 Å². The predicted molar refractivity (Wildman–Crippen MR) is 72.0 cm³/mol. The number of aryl methyl sites for hydroxylation is 2. The summed E-state index contributed by atoms with van der Waals surface area (Å²) in [6, 6.07) is 9.61. The minimum absolute atomic E-state index is 0.438. The summed E-state index contributed by atoms with van der Waals surface area (Å²) in [7, 11) is 0. The molecule has 0 saturated heterocycles. The lowest BCUT2D eigenvalue weighted by atomic mass is 9.95. The molecular formula is C15H16N2O2. The zero-order valence-electron chi connectivity index (χ0n) is 11.0. The van der Waals surface area contributed by atoms with Crippen LogP contribution >= 0.6 is 0 Å². The Balaban J connectivity index is 2.29. The highest BCUT2D eigenvalue weighted by atomic mass is 16.4. The lowest BCUT2D eigenvalue weighted by Crippen LogP contribution is -2.16. The molecule has 0 spiro atoms. The lowest BCUT2D eigenvalue weighted by Gasteiger charge is -2.12. The number of carbonyl (C=O) groups is 1. The molecular weight excluding hydrogens is 240 g/mol. The van der Waals surface area contributed by atoms with Gasteiger partial charge in [-0.25, -0.2) is 9.97 Å². The van der Waals surface area contributed by atoms with Gasteiger partial charge in [-0.1, -0.05) is 29.8 Å². The number of benzene rings is 1. The fourth-order valence-corrected chi connectivity index (χ4v) is 2.06. The lowest BCUT2D eigenvalue weighted by molar-refractivity contribution is -0.138. The molecule has 0 bridgehead atoms. The van der Waals surface area contributed by atoms with Crippen LogP contribution in [0.5, 0.6) is 0 Å². The number of aliphatic carboxylic acids is 1. The molecule has 4 nitrogen and oxygen atoms in total. The quantitative estimate of drug-likeness (QED) is 0.913. The smallest absolute Gasteiger partial charge is 0.312 e. The van der Waals surface area contributed by atoms with E-state index >= 15 is 0 Å². The van der Waals surface area contributed by atoms with Crippen molar-refractivity contribution in [2.45, 2.75) is 26.2 Å². The molecule has 1 heterocycles. The van der Waals surface area contributed by atoms with Crippen LogP contribution < -0.4 is 0 Å². The first-order valence-corrected chi connectivity index (χ1v) is 6.13. The molecule has 0 aliphatic heterocycles. The van der Waals surface area contributed by atoms with E-state index in [1.165, 1.54) is 6.33 Å². The average molecular weight is 256 g/mol. The van der Waals surface area contributed by atoms with Crippen molar-refractivity contribution in [3.8, 4) is 0 Å². The molecule has 1 atom stereocenters. The highest BCUT2D eigenvalue weighted by Crippen LogP contribution is 2.20. The van der Waals surface area contributed by atoms with Crippen LogP contribution in [0.2, 0.25) is 0 Å². The average Bonchev–Trinajstić information content (AvgIpc) is 2.35. The minimum Gasteiger partial charge on any atom is -0.481 e. The standard InChI is InChI=1S/C15H16N2O2/c1-10-4-3-5-12(6-10)8-13(15(18)19)14-7-11(2)16-9-17-14/h3-7,9,13H,8H2,1-2H3,(H,18,19). The molecule has 0 aliphatic rings. The number of hydrogen-bond donors (Lipinski definition) is 1. The van der Waals surface area contributed by atoms with Gasteiger partial charge in [-0.3, -0.25) is 4.79 Å². The molecule has 0 amide bonds. The summed E-state index contributed by atoms with van der Waals surface area (Å²) in [5.74, 6) is -1.50. The molecule has 4 heteroatoms. The number of aromatic nitrogens is 2. The topological polar surface area (TPSA) is 63.1 Å². The van der Waals surface area contributed by atoms with Gasteiger partial charge < -0.3 is 5.11 Å². The monoisotopic (exact) mass is 256 g/mol. The second-order valence-electron chi connectivity index (χ2n) is 4.67. The van der Waals surface area contributed by atoms with E-state index in [4.69, 9.17) is 0 Å². The van der Waals surface area contributed by atoms with Crippen molar-refractivity contribution in [2.24, 2.45) is 0 Å². The first-order valence-electron chi connectivity index (χ1n) is 6.13. The Kier molecular flexibility index (Phi) is 3.90. The van der Waals surface area contributed by atoms with Gasteiger partial charge in [-0.2, -0.15) is 0 Å².